The highest BCUT2D eigenvalue weighted by atomic mass is 32.1. The predicted octanol–water partition coefficient (Wildman–Crippen LogP) is 1.64. The third kappa shape index (κ3) is 2.75. The smallest absolute Gasteiger partial charge is 0.358 e. The Morgan fingerprint density at radius 3 is 2.38 bits per heavy atom. The van der Waals surface area contributed by atoms with E-state index in [-0.39, 0.29) is 23.8 Å². The number of carbonyl (C=O) groups excluding carboxylic acids is 2. The molecule has 0 aliphatic carbocycles. The number of thiazole rings is 1. The van der Waals surface area contributed by atoms with E-state index in [0.29, 0.717) is 11.3 Å². The first kappa shape index (κ1) is 12.6. The summed E-state index contributed by atoms with van der Waals surface area (Å²) in [5.74, 6) is -1.60. The van der Waals surface area contributed by atoms with Gasteiger partial charge in [0.1, 0.15) is 4.88 Å². The van der Waals surface area contributed by atoms with Gasteiger partial charge < -0.3 is 9.47 Å². The molecule has 1 aromatic heterocycles. The van der Waals surface area contributed by atoms with Crippen molar-refractivity contribution in [1.82, 2.24) is 4.98 Å². The summed E-state index contributed by atoms with van der Waals surface area (Å²) in [6.07, 6.45) is 0. The Hall–Kier alpha value is -1.50. The maximum atomic E-state index is 12.9. The van der Waals surface area contributed by atoms with Crippen LogP contribution in [0.15, 0.2) is 0 Å². The van der Waals surface area contributed by atoms with Gasteiger partial charge in [-0.25, -0.2) is 14.6 Å². The number of aromatic nitrogens is 1. The summed E-state index contributed by atoms with van der Waals surface area (Å²) >= 11 is 0.463. The lowest BCUT2D eigenvalue weighted by atomic mass is 10.3. The Morgan fingerprint density at radius 2 is 1.81 bits per heavy atom. The SMILES string of the molecule is CCOC(=O)c1nc(F)sc1C(=O)OCC. The zero-order chi connectivity index (χ0) is 12.1. The van der Waals surface area contributed by atoms with Crippen molar-refractivity contribution in [2.24, 2.45) is 0 Å². The normalized spacial score (nSPS) is 9.94. The quantitative estimate of drug-likeness (QED) is 0.757. The number of ether oxygens (including phenoxy) is 2. The number of hydrogen-bond acceptors (Lipinski definition) is 6. The van der Waals surface area contributed by atoms with Gasteiger partial charge in [0.2, 0.25) is 0 Å². The van der Waals surface area contributed by atoms with Crippen LogP contribution in [0.3, 0.4) is 0 Å². The molecule has 7 heteroatoms. The number of rotatable bonds is 4. The molecule has 1 heterocycles. The first-order valence-corrected chi connectivity index (χ1v) is 5.42. The van der Waals surface area contributed by atoms with Crippen LogP contribution in [0.4, 0.5) is 4.39 Å². The van der Waals surface area contributed by atoms with E-state index in [4.69, 9.17) is 0 Å². The average molecular weight is 247 g/mol. The predicted molar refractivity (Wildman–Crippen MR) is 54.0 cm³/mol. The zero-order valence-electron chi connectivity index (χ0n) is 8.78. The third-order valence-electron chi connectivity index (χ3n) is 1.53. The van der Waals surface area contributed by atoms with Crippen molar-refractivity contribution in [2.75, 3.05) is 13.2 Å². The van der Waals surface area contributed by atoms with Crippen molar-refractivity contribution in [3.8, 4) is 0 Å². The van der Waals surface area contributed by atoms with E-state index in [1.165, 1.54) is 0 Å². The topological polar surface area (TPSA) is 65.5 Å². The van der Waals surface area contributed by atoms with Crippen molar-refractivity contribution < 1.29 is 23.5 Å². The van der Waals surface area contributed by atoms with Crippen molar-refractivity contribution in [2.45, 2.75) is 13.8 Å². The highest BCUT2D eigenvalue weighted by Crippen LogP contribution is 2.19. The minimum atomic E-state index is -0.869. The van der Waals surface area contributed by atoms with Gasteiger partial charge in [0.15, 0.2) is 5.69 Å². The molecule has 88 valence electrons. The summed E-state index contributed by atoms with van der Waals surface area (Å²) in [4.78, 5) is 25.8. The lowest BCUT2D eigenvalue weighted by molar-refractivity contribution is 0.0478. The van der Waals surface area contributed by atoms with Gasteiger partial charge in [-0.2, -0.15) is 4.39 Å². The van der Waals surface area contributed by atoms with Gasteiger partial charge in [0.05, 0.1) is 13.2 Å². The molecule has 0 radical (unpaired) electrons. The fraction of sp³-hybridized carbons (Fsp3) is 0.444. The Kier molecular flexibility index (Phi) is 4.36. The molecular formula is C9H10FNO4S. The summed E-state index contributed by atoms with van der Waals surface area (Å²) < 4.78 is 22.2. The monoisotopic (exact) mass is 247 g/mol. The molecule has 0 aliphatic heterocycles. The average Bonchev–Trinajstić information content (AvgIpc) is 2.61. The van der Waals surface area contributed by atoms with Gasteiger partial charge in [-0.05, 0) is 13.8 Å². The van der Waals surface area contributed by atoms with Crippen LogP contribution in [-0.4, -0.2) is 30.1 Å². The molecule has 16 heavy (non-hydrogen) atoms. The fourth-order valence-electron chi connectivity index (χ4n) is 0.967. The van der Waals surface area contributed by atoms with Crippen LogP contribution in [0.25, 0.3) is 0 Å². The van der Waals surface area contributed by atoms with Crippen molar-refractivity contribution in [3.05, 3.63) is 15.8 Å². The first-order chi connectivity index (χ1) is 7.60. The minimum Gasteiger partial charge on any atom is -0.462 e. The molecule has 0 atom stereocenters. The highest BCUT2D eigenvalue weighted by molar-refractivity contribution is 7.12. The second-order valence-corrected chi connectivity index (χ2v) is 3.53. The number of carbonyl (C=O) groups is 2. The van der Waals surface area contributed by atoms with Crippen molar-refractivity contribution >= 4 is 23.3 Å². The minimum absolute atomic E-state index is 0.125. The van der Waals surface area contributed by atoms with Crippen LogP contribution in [-0.2, 0) is 9.47 Å². The highest BCUT2D eigenvalue weighted by Gasteiger charge is 2.25. The molecule has 0 aliphatic rings. The summed E-state index contributed by atoms with van der Waals surface area (Å²) in [5.41, 5.74) is -0.331. The molecule has 0 amide bonds. The first-order valence-electron chi connectivity index (χ1n) is 4.60. The van der Waals surface area contributed by atoms with Gasteiger partial charge >= 0.3 is 11.9 Å². The van der Waals surface area contributed by atoms with E-state index in [2.05, 4.69) is 14.5 Å². The summed E-state index contributed by atoms with van der Waals surface area (Å²) in [6.45, 7) is 3.48. The van der Waals surface area contributed by atoms with Crippen LogP contribution in [0.5, 0.6) is 0 Å². The molecule has 0 aromatic carbocycles. The summed E-state index contributed by atoms with van der Waals surface area (Å²) in [6, 6.07) is 0. The van der Waals surface area contributed by atoms with Crippen LogP contribution >= 0.6 is 11.3 Å². The molecule has 0 fully saturated rings. The maximum absolute atomic E-state index is 12.9. The van der Waals surface area contributed by atoms with E-state index in [0.717, 1.165) is 0 Å². The molecule has 0 bridgehead atoms. The molecule has 0 saturated carbocycles. The Labute approximate surface area is 95.2 Å². The van der Waals surface area contributed by atoms with Gasteiger partial charge in [-0.3, -0.25) is 0 Å². The van der Waals surface area contributed by atoms with E-state index in [1.54, 1.807) is 13.8 Å². The fourth-order valence-corrected chi connectivity index (χ4v) is 1.64. The largest absolute Gasteiger partial charge is 0.462 e. The molecular weight excluding hydrogens is 237 g/mol. The summed E-state index contributed by atoms with van der Waals surface area (Å²) in [7, 11) is 0. The standard InChI is InChI=1S/C9H10FNO4S/c1-3-14-7(12)5-6(8(13)15-4-2)16-9(10)11-5/h3-4H2,1-2H3. The van der Waals surface area contributed by atoms with E-state index < -0.39 is 17.2 Å². The second kappa shape index (κ2) is 5.55. The molecule has 0 spiro atoms. The van der Waals surface area contributed by atoms with Crippen LogP contribution in [0.1, 0.15) is 34.0 Å². The lowest BCUT2D eigenvalue weighted by Crippen LogP contribution is -2.12. The Balaban J connectivity index is 2.99. The number of nitrogens with zero attached hydrogens (tertiary/aromatic N) is 1. The molecule has 5 nitrogen and oxygen atoms in total. The number of halogens is 1. The maximum Gasteiger partial charge on any atom is 0.358 e. The van der Waals surface area contributed by atoms with Gasteiger partial charge in [-0.1, -0.05) is 11.3 Å². The van der Waals surface area contributed by atoms with Crippen molar-refractivity contribution in [1.29, 1.82) is 0 Å². The number of hydrogen-bond donors (Lipinski definition) is 0. The Bertz CT molecular complexity index is 369. The van der Waals surface area contributed by atoms with Crippen molar-refractivity contribution in [3.63, 3.8) is 0 Å². The van der Waals surface area contributed by atoms with Crippen LogP contribution in [0, 0.1) is 5.26 Å². The lowest BCUT2D eigenvalue weighted by Gasteiger charge is -2.01. The second-order valence-electron chi connectivity index (χ2n) is 2.59. The number of esters is 2. The molecule has 0 saturated heterocycles. The van der Waals surface area contributed by atoms with Crippen LogP contribution in [0.2, 0.25) is 0 Å². The summed E-state index contributed by atoms with van der Waals surface area (Å²) in [5, 5.41) is -0.869. The molecule has 0 N–H and O–H groups in total. The molecule has 1 rings (SSSR count). The van der Waals surface area contributed by atoms with E-state index in [9.17, 15) is 14.0 Å². The van der Waals surface area contributed by atoms with Gasteiger partial charge in [0.25, 0.3) is 5.26 Å². The molecule has 1 aromatic rings. The van der Waals surface area contributed by atoms with Gasteiger partial charge in [0, 0.05) is 0 Å². The van der Waals surface area contributed by atoms with Crippen LogP contribution < -0.4 is 0 Å². The zero-order valence-corrected chi connectivity index (χ0v) is 9.60. The van der Waals surface area contributed by atoms with E-state index in [1.807, 2.05) is 0 Å². The molecule has 0 unspecified atom stereocenters. The third-order valence-corrected chi connectivity index (χ3v) is 2.35. The Morgan fingerprint density at radius 1 is 1.25 bits per heavy atom. The van der Waals surface area contributed by atoms with Gasteiger partial charge in [-0.15, -0.1) is 0 Å². The van der Waals surface area contributed by atoms with E-state index >= 15 is 0 Å².